The number of nitrogens with zero attached hydrogens (tertiary/aromatic N) is 1. The van der Waals surface area contributed by atoms with Crippen molar-refractivity contribution >= 4 is 5.96 Å². The quantitative estimate of drug-likeness (QED) is 0.506. The molecule has 1 atom stereocenters. The summed E-state index contributed by atoms with van der Waals surface area (Å²) in [6.45, 7) is 2.19. The van der Waals surface area contributed by atoms with E-state index in [1.165, 1.54) is 32.1 Å². The number of hydrogen-bond acceptors (Lipinski definition) is 1. The van der Waals surface area contributed by atoms with E-state index in [1.54, 1.807) is 0 Å². The second kappa shape index (κ2) is 3.56. The van der Waals surface area contributed by atoms with E-state index in [0.29, 0.717) is 18.0 Å². The van der Waals surface area contributed by atoms with E-state index in [4.69, 9.17) is 5.73 Å². The molecule has 2 aliphatic rings. The fourth-order valence-corrected chi connectivity index (χ4v) is 1.60. The van der Waals surface area contributed by atoms with Gasteiger partial charge < -0.3 is 11.1 Å². The molecule has 74 valence electrons. The van der Waals surface area contributed by atoms with E-state index in [1.807, 2.05) is 0 Å². The zero-order valence-electron chi connectivity index (χ0n) is 8.29. The molecule has 0 spiro atoms. The van der Waals surface area contributed by atoms with Gasteiger partial charge in [-0.1, -0.05) is 12.8 Å². The molecule has 0 heterocycles. The minimum Gasteiger partial charge on any atom is -0.370 e. The van der Waals surface area contributed by atoms with Crippen molar-refractivity contribution in [2.24, 2.45) is 16.6 Å². The average Bonchev–Trinajstić information content (AvgIpc) is 2.81. The number of hydrogen-bond donors (Lipinski definition) is 2. The number of nitrogens with one attached hydrogen (secondary N) is 1. The van der Waals surface area contributed by atoms with E-state index in [-0.39, 0.29) is 0 Å². The number of guanidine groups is 1. The van der Waals surface area contributed by atoms with Crippen LogP contribution in [0, 0.1) is 5.92 Å². The van der Waals surface area contributed by atoms with E-state index in [0.717, 1.165) is 5.92 Å². The maximum atomic E-state index is 5.75. The van der Waals surface area contributed by atoms with E-state index >= 15 is 0 Å². The summed E-state index contributed by atoms with van der Waals surface area (Å²) in [5.41, 5.74) is 5.75. The van der Waals surface area contributed by atoms with Crippen molar-refractivity contribution in [3.8, 4) is 0 Å². The first-order valence-electron chi connectivity index (χ1n) is 5.34. The van der Waals surface area contributed by atoms with E-state index in [2.05, 4.69) is 17.2 Å². The first-order valence-corrected chi connectivity index (χ1v) is 5.34. The summed E-state index contributed by atoms with van der Waals surface area (Å²) < 4.78 is 0. The topological polar surface area (TPSA) is 50.4 Å². The number of rotatable bonds is 4. The molecule has 3 heteroatoms. The van der Waals surface area contributed by atoms with Crippen LogP contribution in [0.3, 0.4) is 0 Å². The molecule has 0 aromatic heterocycles. The Labute approximate surface area is 79.8 Å². The monoisotopic (exact) mass is 181 g/mol. The molecule has 3 N–H and O–H groups in total. The Bertz CT molecular complexity index is 204. The van der Waals surface area contributed by atoms with Gasteiger partial charge in [0.05, 0.1) is 6.04 Å². The molecule has 0 aliphatic heterocycles. The van der Waals surface area contributed by atoms with Crippen molar-refractivity contribution in [1.82, 2.24) is 5.32 Å². The molecule has 3 nitrogen and oxygen atoms in total. The summed E-state index contributed by atoms with van der Waals surface area (Å²) in [5, 5.41) is 3.25. The van der Waals surface area contributed by atoms with Crippen LogP contribution in [-0.4, -0.2) is 18.0 Å². The highest BCUT2D eigenvalue weighted by Gasteiger charge is 2.24. The molecule has 13 heavy (non-hydrogen) atoms. The second-order valence-electron chi connectivity index (χ2n) is 4.47. The van der Waals surface area contributed by atoms with Crippen LogP contribution < -0.4 is 11.1 Å². The van der Waals surface area contributed by atoms with Crippen molar-refractivity contribution in [1.29, 1.82) is 0 Å². The first kappa shape index (κ1) is 8.85. The molecule has 0 aromatic carbocycles. The molecule has 0 aromatic rings. The average molecular weight is 181 g/mol. The maximum absolute atomic E-state index is 5.75. The standard InChI is InChI=1S/C10H19N3/c1-7(6-8-2-3-8)12-10(11)13-9-4-5-9/h7-9H,2-6H2,1H3,(H3,11,12,13). The molecule has 0 radical (unpaired) electrons. The van der Waals surface area contributed by atoms with Crippen LogP contribution in [0.25, 0.3) is 0 Å². The summed E-state index contributed by atoms with van der Waals surface area (Å²) in [6, 6.07) is 1.02. The van der Waals surface area contributed by atoms with Gasteiger partial charge in [-0.15, -0.1) is 0 Å². The van der Waals surface area contributed by atoms with Gasteiger partial charge in [0.1, 0.15) is 0 Å². The van der Waals surface area contributed by atoms with Crippen molar-refractivity contribution in [2.75, 3.05) is 0 Å². The molecule has 0 saturated heterocycles. The van der Waals surface area contributed by atoms with Crippen molar-refractivity contribution in [3.05, 3.63) is 0 Å². The van der Waals surface area contributed by atoms with Gasteiger partial charge >= 0.3 is 0 Å². The van der Waals surface area contributed by atoms with Gasteiger partial charge in [0.2, 0.25) is 0 Å². The third kappa shape index (κ3) is 3.25. The van der Waals surface area contributed by atoms with Gasteiger partial charge in [0.25, 0.3) is 0 Å². The molecular weight excluding hydrogens is 162 g/mol. The molecule has 0 amide bonds. The Hall–Kier alpha value is -0.730. The van der Waals surface area contributed by atoms with Crippen LogP contribution in [-0.2, 0) is 0 Å². The van der Waals surface area contributed by atoms with Gasteiger partial charge in [-0.05, 0) is 32.1 Å². The predicted octanol–water partition coefficient (Wildman–Crippen LogP) is 1.24. The summed E-state index contributed by atoms with van der Waals surface area (Å²) in [4.78, 5) is 4.34. The lowest BCUT2D eigenvalue weighted by molar-refractivity contribution is 0.560. The van der Waals surface area contributed by atoms with E-state index < -0.39 is 0 Å². The van der Waals surface area contributed by atoms with Gasteiger partial charge in [0, 0.05) is 6.04 Å². The van der Waals surface area contributed by atoms with Crippen LogP contribution in [0.1, 0.15) is 39.0 Å². The van der Waals surface area contributed by atoms with Crippen LogP contribution >= 0.6 is 0 Å². The highest BCUT2D eigenvalue weighted by molar-refractivity contribution is 5.78. The number of nitrogens with two attached hydrogens (primary N) is 1. The Kier molecular flexibility index (Phi) is 2.42. The predicted molar refractivity (Wildman–Crippen MR) is 54.6 cm³/mol. The second-order valence-corrected chi connectivity index (χ2v) is 4.47. The summed E-state index contributed by atoms with van der Waals surface area (Å²) >= 11 is 0. The normalized spacial score (nSPS) is 25.8. The maximum Gasteiger partial charge on any atom is 0.189 e. The lowest BCUT2D eigenvalue weighted by Gasteiger charge is -2.13. The van der Waals surface area contributed by atoms with Crippen LogP contribution in [0.4, 0.5) is 0 Å². The summed E-state index contributed by atoms with van der Waals surface area (Å²) in [6.07, 6.45) is 6.51. The lowest BCUT2D eigenvalue weighted by Crippen LogP contribution is -2.38. The third-order valence-electron chi connectivity index (χ3n) is 2.65. The molecule has 2 aliphatic carbocycles. The Morgan fingerprint density at radius 3 is 2.69 bits per heavy atom. The van der Waals surface area contributed by atoms with Crippen LogP contribution in [0.2, 0.25) is 0 Å². The molecular formula is C10H19N3. The Balaban J connectivity index is 1.68. The lowest BCUT2D eigenvalue weighted by atomic mass is 10.2. The van der Waals surface area contributed by atoms with Crippen LogP contribution in [0.15, 0.2) is 4.99 Å². The van der Waals surface area contributed by atoms with Crippen molar-refractivity contribution in [2.45, 2.75) is 51.1 Å². The zero-order valence-corrected chi connectivity index (χ0v) is 8.29. The Morgan fingerprint density at radius 2 is 2.15 bits per heavy atom. The Morgan fingerprint density at radius 1 is 1.46 bits per heavy atom. The van der Waals surface area contributed by atoms with E-state index in [9.17, 15) is 0 Å². The smallest absolute Gasteiger partial charge is 0.189 e. The van der Waals surface area contributed by atoms with Crippen molar-refractivity contribution in [3.63, 3.8) is 0 Å². The minimum absolute atomic E-state index is 0.495. The molecule has 1 unspecified atom stereocenters. The fourth-order valence-electron chi connectivity index (χ4n) is 1.60. The zero-order chi connectivity index (χ0) is 9.26. The van der Waals surface area contributed by atoms with Gasteiger partial charge in [-0.2, -0.15) is 0 Å². The molecule has 0 bridgehead atoms. The van der Waals surface area contributed by atoms with Gasteiger partial charge in [0.15, 0.2) is 5.96 Å². The van der Waals surface area contributed by atoms with Crippen molar-refractivity contribution < 1.29 is 0 Å². The largest absolute Gasteiger partial charge is 0.370 e. The molecule has 2 fully saturated rings. The van der Waals surface area contributed by atoms with Gasteiger partial charge in [-0.3, -0.25) is 4.99 Å². The SMILES string of the molecule is CC(CC1CC1)NC(N)=NC1CC1. The summed E-state index contributed by atoms with van der Waals surface area (Å²) in [5.74, 6) is 1.60. The third-order valence-corrected chi connectivity index (χ3v) is 2.65. The minimum atomic E-state index is 0.495. The molecule has 2 saturated carbocycles. The van der Waals surface area contributed by atoms with Gasteiger partial charge in [-0.25, -0.2) is 0 Å². The van der Waals surface area contributed by atoms with Crippen LogP contribution in [0.5, 0.6) is 0 Å². The highest BCUT2D eigenvalue weighted by atomic mass is 15.1. The fraction of sp³-hybridized carbons (Fsp3) is 0.900. The summed E-state index contributed by atoms with van der Waals surface area (Å²) in [7, 11) is 0. The number of aliphatic imine (C=N–C) groups is 1. The molecule has 2 rings (SSSR count). The highest BCUT2D eigenvalue weighted by Crippen LogP contribution is 2.33. The first-order chi connectivity index (χ1) is 6.24.